The van der Waals surface area contributed by atoms with E-state index in [1.54, 1.807) is 18.2 Å². The van der Waals surface area contributed by atoms with E-state index >= 15 is 0 Å². The van der Waals surface area contributed by atoms with Gasteiger partial charge in [0.05, 0.1) is 6.04 Å². The number of nitrogens with zero attached hydrogens (tertiary/aromatic N) is 3. The van der Waals surface area contributed by atoms with Crippen molar-refractivity contribution in [2.24, 2.45) is 0 Å². The quantitative estimate of drug-likeness (QED) is 0.705. The Kier molecular flexibility index (Phi) is 5.10. The molecule has 0 saturated heterocycles. The van der Waals surface area contributed by atoms with Crippen LogP contribution in [0.3, 0.4) is 0 Å². The summed E-state index contributed by atoms with van der Waals surface area (Å²) in [5.41, 5.74) is 0.694. The molecule has 0 saturated carbocycles. The van der Waals surface area contributed by atoms with Crippen molar-refractivity contribution in [2.45, 2.75) is 38.8 Å². The third-order valence-electron chi connectivity index (χ3n) is 4.01. The predicted octanol–water partition coefficient (Wildman–Crippen LogP) is 2.78. The summed E-state index contributed by atoms with van der Waals surface area (Å²) in [6.45, 7) is 3.81. The first-order chi connectivity index (χ1) is 12.0. The van der Waals surface area contributed by atoms with Gasteiger partial charge in [-0.1, -0.05) is 43.4 Å². The maximum atomic E-state index is 13.9. The molecule has 0 fully saturated rings. The molecule has 1 aromatic carbocycles. The Bertz CT molecular complexity index is 940. The second-order valence-corrected chi connectivity index (χ2v) is 6.62. The number of aliphatic hydroxyl groups is 1. The number of benzene rings is 1. The van der Waals surface area contributed by atoms with Crippen molar-refractivity contribution in [3.05, 3.63) is 57.8 Å². The number of hydrogen-bond donors (Lipinski definition) is 2. The largest absolute Gasteiger partial charge is 0.386 e. The first kappa shape index (κ1) is 17.5. The molecule has 2 atom stereocenters. The van der Waals surface area contributed by atoms with Crippen LogP contribution in [-0.4, -0.2) is 25.7 Å². The third-order valence-corrected chi connectivity index (χ3v) is 4.85. The molecule has 0 aliphatic heterocycles. The number of aromatic nitrogens is 3. The highest BCUT2D eigenvalue weighted by atomic mass is 32.1. The highest BCUT2D eigenvalue weighted by Crippen LogP contribution is 2.26. The van der Waals surface area contributed by atoms with Gasteiger partial charge in [-0.3, -0.25) is 4.79 Å². The SMILES string of the molecule is CCc1cc(=O)n2nc(NC(CC)C(O)c3ccccc3F)sc2n1. The molecule has 2 N–H and O–H groups in total. The Balaban J connectivity index is 1.89. The first-order valence-electron chi connectivity index (χ1n) is 8.12. The van der Waals surface area contributed by atoms with Crippen LogP contribution < -0.4 is 10.9 Å². The molecule has 2 heterocycles. The van der Waals surface area contributed by atoms with Crippen molar-refractivity contribution >= 4 is 21.4 Å². The average Bonchev–Trinajstić information content (AvgIpc) is 3.02. The van der Waals surface area contributed by atoms with Crippen LogP contribution >= 0.6 is 11.3 Å². The van der Waals surface area contributed by atoms with Crippen molar-refractivity contribution in [1.29, 1.82) is 0 Å². The van der Waals surface area contributed by atoms with E-state index in [0.29, 0.717) is 28.6 Å². The van der Waals surface area contributed by atoms with Gasteiger partial charge in [-0.25, -0.2) is 9.37 Å². The molecular formula is C17H19FN4O2S. The van der Waals surface area contributed by atoms with Crippen LogP contribution in [0.25, 0.3) is 4.96 Å². The summed E-state index contributed by atoms with van der Waals surface area (Å²) >= 11 is 1.23. The maximum Gasteiger partial charge on any atom is 0.275 e. The number of aryl methyl sites for hydroxylation is 1. The Hall–Kier alpha value is -2.32. The van der Waals surface area contributed by atoms with Crippen molar-refractivity contribution < 1.29 is 9.50 Å². The van der Waals surface area contributed by atoms with Crippen LogP contribution in [0.4, 0.5) is 9.52 Å². The Morgan fingerprint density at radius 3 is 2.80 bits per heavy atom. The highest BCUT2D eigenvalue weighted by Gasteiger charge is 2.23. The number of hydrogen-bond acceptors (Lipinski definition) is 6. The third kappa shape index (κ3) is 3.54. The molecule has 25 heavy (non-hydrogen) atoms. The molecule has 132 valence electrons. The van der Waals surface area contributed by atoms with Crippen molar-refractivity contribution in [3.8, 4) is 0 Å². The smallest absolute Gasteiger partial charge is 0.275 e. The molecule has 0 amide bonds. The maximum absolute atomic E-state index is 13.9. The van der Waals surface area contributed by atoms with Crippen molar-refractivity contribution in [3.63, 3.8) is 0 Å². The van der Waals surface area contributed by atoms with Gasteiger partial charge >= 0.3 is 0 Å². The van der Waals surface area contributed by atoms with Crippen LogP contribution in [0.1, 0.15) is 37.6 Å². The second kappa shape index (κ2) is 7.28. The lowest BCUT2D eigenvalue weighted by atomic mass is 10.00. The number of aliphatic hydroxyl groups excluding tert-OH is 1. The van der Waals surface area contributed by atoms with Gasteiger partial charge in [-0.05, 0) is 18.9 Å². The molecule has 8 heteroatoms. The minimum atomic E-state index is -1.03. The highest BCUT2D eigenvalue weighted by molar-refractivity contribution is 7.20. The fourth-order valence-corrected chi connectivity index (χ4v) is 3.48. The van der Waals surface area contributed by atoms with E-state index in [4.69, 9.17) is 0 Å². The fraction of sp³-hybridized carbons (Fsp3) is 0.353. The van der Waals surface area contributed by atoms with E-state index in [-0.39, 0.29) is 11.1 Å². The van der Waals surface area contributed by atoms with Gasteiger partial charge < -0.3 is 10.4 Å². The standard InChI is InChI=1S/C17H19FN4O2S/c1-3-10-9-14(23)22-17(19-10)25-16(21-22)20-13(4-2)15(24)11-7-5-6-8-12(11)18/h5-9,13,15,24H,3-4H2,1-2H3,(H,20,21). The molecule has 0 aliphatic rings. The molecule has 0 radical (unpaired) electrons. The van der Waals surface area contributed by atoms with Crippen LogP contribution in [-0.2, 0) is 6.42 Å². The van der Waals surface area contributed by atoms with Crippen LogP contribution in [0, 0.1) is 5.82 Å². The topological polar surface area (TPSA) is 79.5 Å². The molecule has 6 nitrogen and oxygen atoms in total. The molecule has 0 bridgehead atoms. The summed E-state index contributed by atoms with van der Waals surface area (Å²) in [5.74, 6) is -0.454. The normalized spacial score (nSPS) is 13.8. The minimum absolute atomic E-state index is 0.228. The summed E-state index contributed by atoms with van der Waals surface area (Å²) in [6, 6.07) is 7.15. The zero-order chi connectivity index (χ0) is 18.0. The molecule has 0 aliphatic carbocycles. The van der Waals surface area contributed by atoms with E-state index in [1.807, 2.05) is 13.8 Å². The number of nitrogens with one attached hydrogen (secondary N) is 1. The Morgan fingerprint density at radius 1 is 1.36 bits per heavy atom. The van der Waals surface area contributed by atoms with E-state index in [0.717, 1.165) is 0 Å². The first-order valence-corrected chi connectivity index (χ1v) is 8.94. The van der Waals surface area contributed by atoms with Gasteiger partial charge in [0.15, 0.2) is 0 Å². The van der Waals surface area contributed by atoms with E-state index < -0.39 is 18.0 Å². The molecule has 2 aromatic heterocycles. The predicted molar refractivity (Wildman–Crippen MR) is 95.6 cm³/mol. The lowest BCUT2D eigenvalue weighted by Gasteiger charge is -2.23. The zero-order valence-corrected chi connectivity index (χ0v) is 14.8. The Morgan fingerprint density at radius 2 is 2.12 bits per heavy atom. The number of anilines is 1. The van der Waals surface area contributed by atoms with Crippen LogP contribution in [0.15, 0.2) is 35.1 Å². The minimum Gasteiger partial charge on any atom is -0.386 e. The van der Waals surface area contributed by atoms with E-state index in [9.17, 15) is 14.3 Å². The van der Waals surface area contributed by atoms with Gasteiger partial charge in [0, 0.05) is 17.3 Å². The van der Waals surface area contributed by atoms with Gasteiger partial charge in [-0.2, -0.15) is 4.52 Å². The van der Waals surface area contributed by atoms with Crippen molar-refractivity contribution in [2.75, 3.05) is 5.32 Å². The summed E-state index contributed by atoms with van der Waals surface area (Å²) in [4.78, 5) is 16.9. The number of halogens is 1. The van der Waals surface area contributed by atoms with E-state index in [1.165, 1.54) is 28.0 Å². The number of fused-ring (bicyclic) bond motifs is 1. The van der Waals surface area contributed by atoms with Crippen LogP contribution in [0.5, 0.6) is 0 Å². The second-order valence-electron chi connectivity index (χ2n) is 5.67. The van der Waals surface area contributed by atoms with Gasteiger partial charge in [0.1, 0.15) is 11.9 Å². The Labute approximate surface area is 148 Å². The molecular weight excluding hydrogens is 343 g/mol. The lowest BCUT2D eigenvalue weighted by Crippen LogP contribution is -2.27. The van der Waals surface area contributed by atoms with Gasteiger partial charge in [-0.15, -0.1) is 5.10 Å². The summed E-state index contributed by atoms with van der Waals surface area (Å²) in [6.07, 6.45) is 0.179. The number of rotatable bonds is 6. The lowest BCUT2D eigenvalue weighted by molar-refractivity contribution is 0.148. The summed E-state index contributed by atoms with van der Waals surface area (Å²) in [7, 11) is 0. The molecule has 3 rings (SSSR count). The van der Waals surface area contributed by atoms with Gasteiger partial charge in [0.2, 0.25) is 10.1 Å². The molecule has 0 spiro atoms. The van der Waals surface area contributed by atoms with Gasteiger partial charge in [0.25, 0.3) is 5.56 Å². The fourth-order valence-electron chi connectivity index (χ4n) is 2.59. The monoisotopic (exact) mass is 362 g/mol. The summed E-state index contributed by atoms with van der Waals surface area (Å²) < 4.78 is 15.2. The zero-order valence-electron chi connectivity index (χ0n) is 13.9. The summed E-state index contributed by atoms with van der Waals surface area (Å²) in [5, 5.41) is 18.3. The molecule has 2 unspecified atom stereocenters. The van der Waals surface area contributed by atoms with E-state index in [2.05, 4.69) is 15.4 Å². The average molecular weight is 362 g/mol. The van der Waals surface area contributed by atoms with Crippen LogP contribution in [0.2, 0.25) is 0 Å². The van der Waals surface area contributed by atoms with Crippen molar-refractivity contribution in [1.82, 2.24) is 14.6 Å². The molecule has 3 aromatic rings.